The van der Waals surface area contributed by atoms with Gasteiger partial charge in [-0.2, -0.15) is 5.10 Å². The molecule has 1 amide bonds. The predicted molar refractivity (Wildman–Crippen MR) is 92.8 cm³/mol. The predicted octanol–water partition coefficient (Wildman–Crippen LogP) is 3.57. The Morgan fingerprint density at radius 3 is 3.00 bits per heavy atom. The lowest BCUT2D eigenvalue weighted by molar-refractivity contribution is 0.0955. The normalized spacial score (nSPS) is 10.8. The number of carbonyl (C=O) groups excluding carboxylic acids is 1. The molecule has 0 aliphatic heterocycles. The third kappa shape index (κ3) is 4.14. The lowest BCUT2D eigenvalue weighted by atomic mass is 10.2. The van der Waals surface area contributed by atoms with Gasteiger partial charge in [-0.3, -0.25) is 4.79 Å². The minimum absolute atomic E-state index is 0.0937. The summed E-state index contributed by atoms with van der Waals surface area (Å²) in [6, 6.07) is 6.60. The molecule has 0 unspecified atom stereocenters. The summed E-state index contributed by atoms with van der Waals surface area (Å²) in [6.45, 7) is 0. The van der Waals surface area contributed by atoms with Crippen molar-refractivity contribution < 1.29 is 9.90 Å². The van der Waals surface area contributed by atoms with E-state index in [9.17, 15) is 9.90 Å². The second-order valence-electron chi connectivity index (χ2n) is 3.87. The van der Waals surface area contributed by atoms with Gasteiger partial charge in [-0.15, -0.1) is 0 Å². The lowest BCUT2D eigenvalue weighted by Crippen LogP contribution is -2.18. The van der Waals surface area contributed by atoms with E-state index in [1.807, 2.05) is 22.6 Å². The number of carbonyl (C=O) groups is 1. The molecule has 108 valence electrons. The van der Waals surface area contributed by atoms with Gasteiger partial charge in [0.25, 0.3) is 5.91 Å². The van der Waals surface area contributed by atoms with Gasteiger partial charge in [0.1, 0.15) is 10.9 Å². The zero-order valence-electron chi connectivity index (χ0n) is 10.3. The molecular weight excluding hydrogens is 472 g/mol. The zero-order chi connectivity index (χ0) is 15.4. The van der Waals surface area contributed by atoms with E-state index in [0.717, 1.165) is 4.47 Å². The Bertz CT molecular complexity index is 725. The van der Waals surface area contributed by atoms with Crippen LogP contribution in [0.4, 0.5) is 0 Å². The molecule has 0 aliphatic rings. The second kappa shape index (κ2) is 7.19. The standard InChI is InChI=1S/C13H8BrClIN3O2/c14-8-4-7(11(20)10(16)5-8)6-18-19-13(21)9-2-1-3-17-12(9)15/h1-6,20H,(H,19,21)/b18-6+. The minimum Gasteiger partial charge on any atom is -0.506 e. The molecule has 0 radical (unpaired) electrons. The van der Waals surface area contributed by atoms with Crippen LogP contribution in [0.2, 0.25) is 5.15 Å². The van der Waals surface area contributed by atoms with Crippen molar-refractivity contribution in [2.45, 2.75) is 0 Å². The number of hydrogen-bond donors (Lipinski definition) is 2. The third-order valence-electron chi connectivity index (χ3n) is 2.43. The van der Waals surface area contributed by atoms with Gasteiger partial charge >= 0.3 is 0 Å². The number of aromatic nitrogens is 1. The van der Waals surface area contributed by atoms with Gasteiger partial charge in [0.15, 0.2) is 0 Å². The maximum absolute atomic E-state index is 11.9. The number of amides is 1. The smallest absolute Gasteiger partial charge is 0.274 e. The summed E-state index contributed by atoms with van der Waals surface area (Å²) < 4.78 is 1.47. The Balaban J connectivity index is 2.13. The SMILES string of the molecule is O=C(N/N=C/c1cc(Br)cc(I)c1O)c1cccnc1Cl. The summed E-state index contributed by atoms with van der Waals surface area (Å²) >= 11 is 11.1. The lowest BCUT2D eigenvalue weighted by Gasteiger charge is -2.03. The molecule has 8 heteroatoms. The van der Waals surface area contributed by atoms with E-state index in [2.05, 4.69) is 31.4 Å². The van der Waals surface area contributed by atoms with Gasteiger partial charge < -0.3 is 5.11 Å². The maximum Gasteiger partial charge on any atom is 0.274 e. The van der Waals surface area contributed by atoms with Crippen molar-refractivity contribution in [3.05, 3.63) is 54.8 Å². The summed E-state index contributed by atoms with van der Waals surface area (Å²) in [4.78, 5) is 15.7. The van der Waals surface area contributed by atoms with E-state index < -0.39 is 5.91 Å². The first-order chi connectivity index (χ1) is 9.99. The third-order valence-corrected chi connectivity index (χ3v) is 4.01. The van der Waals surface area contributed by atoms with Crippen LogP contribution in [0.3, 0.4) is 0 Å². The summed E-state index contributed by atoms with van der Waals surface area (Å²) in [6.07, 6.45) is 2.84. The molecule has 5 nitrogen and oxygen atoms in total. The number of phenols is 1. The van der Waals surface area contributed by atoms with E-state index in [4.69, 9.17) is 11.6 Å². The van der Waals surface area contributed by atoms with E-state index in [0.29, 0.717) is 9.13 Å². The molecule has 2 N–H and O–H groups in total. The molecule has 1 heterocycles. The quantitative estimate of drug-likeness (QED) is 0.305. The van der Waals surface area contributed by atoms with Crippen LogP contribution in [-0.2, 0) is 0 Å². The van der Waals surface area contributed by atoms with Gasteiger partial charge in [0, 0.05) is 16.2 Å². The number of nitrogens with zero attached hydrogens (tertiary/aromatic N) is 2. The summed E-state index contributed by atoms with van der Waals surface area (Å²) in [5.41, 5.74) is 3.04. The highest BCUT2D eigenvalue weighted by molar-refractivity contribution is 14.1. The zero-order valence-corrected chi connectivity index (χ0v) is 14.8. The molecule has 0 saturated heterocycles. The average molecular weight is 480 g/mol. The number of rotatable bonds is 3. The average Bonchev–Trinajstić information content (AvgIpc) is 2.44. The topological polar surface area (TPSA) is 74.6 Å². The largest absolute Gasteiger partial charge is 0.506 e. The van der Waals surface area contributed by atoms with Crippen molar-refractivity contribution >= 4 is 62.2 Å². The van der Waals surface area contributed by atoms with E-state index in [1.165, 1.54) is 12.4 Å². The maximum atomic E-state index is 11.9. The van der Waals surface area contributed by atoms with Crippen molar-refractivity contribution in [1.82, 2.24) is 10.4 Å². The van der Waals surface area contributed by atoms with E-state index >= 15 is 0 Å². The molecule has 0 aliphatic carbocycles. The summed E-state index contributed by atoms with van der Waals surface area (Å²) in [5, 5.41) is 13.8. The van der Waals surface area contributed by atoms with Gasteiger partial charge in [-0.05, 0) is 46.9 Å². The Morgan fingerprint density at radius 1 is 1.52 bits per heavy atom. The Morgan fingerprint density at radius 2 is 2.29 bits per heavy atom. The molecular formula is C13H8BrClIN3O2. The highest BCUT2D eigenvalue weighted by atomic mass is 127. The van der Waals surface area contributed by atoms with E-state index in [1.54, 1.807) is 24.3 Å². The molecule has 0 bridgehead atoms. The Hall–Kier alpha value is -1.19. The first-order valence-corrected chi connectivity index (χ1v) is 7.86. The number of pyridine rings is 1. The van der Waals surface area contributed by atoms with Crippen LogP contribution >= 0.6 is 50.1 Å². The number of hydrogen-bond acceptors (Lipinski definition) is 4. The first-order valence-electron chi connectivity index (χ1n) is 5.61. The highest BCUT2D eigenvalue weighted by Gasteiger charge is 2.10. The summed E-state index contributed by atoms with van der Waals surface area (Å²) in [7, 11) is 0. The number of halogens is 3. The molecule has 0 atom stereocenters. The fourth-order valence-electron chi connectivity index (χ4n) is 1.46. The van der Waals surface area contributed by atoms with Crippen LogP contribution in [0, 0.1) is 3.57 Å². The monoisotopic (exact) mass is 479 g/mol. The summed E-state index contributed by atoms with van der Waals surface area (Å²) in [5.74, 6) is -0.384. The Kier molecular flexibility index (Phi) is 5.54. The van der Waals surface area contributed by atoms with Crippen LogP contribution in [0.15, 0.2) is 40.0 Å². The fourth-order valence-corrected chi connectivity index (χ4v) is 3.22. The number of hydrazone groups is 1. The van der Waals surface area contributed by atoms with Crippen LogP contribution in [0.5, 0.6) is 5.75 Å². The molecule has 0 spiro atoms. The van der Waals surface area contributed by atoms with Gasteiger partial charge in [-0.1, -0.05) is 27.5 Å². The molecule has 0 fully saturated rings. The van der Waals surface area contributed by atoms with Crippen LogP contribution in [0.25, 0.3) is 0 Å². The second-order valence-corrected chi connectivity index (χ2v) is 6.30. The van der Waals surface area contributed by atoms with Crippen LogP contribution in [0.1, 0.15) is 15.9 Å². The van der Waals surface area contributed by atoms with Crippen molar-refractivity contribution in [2.75, 3.05) is 0 Å². The van der Waals surface area contributed by atoms with Crippen LogP contribution < -0.4 is 5.43 Å². The Labute approximate surface area is 147 Å². The molecule has 1 aromatic heterocycles. The van der Waals surface area contributed by atoms with Crippen molar-refractivity contribution in [3.63, 3.8) is 0 Å². The van der Waals surface area contributed by atoms with E-state index in [-0.39, 0.29) is 16.5 Å². The molecule has 21 heavy (non-hydrogen) atoms. The van der Waals surface area contributed by atoms with Crippen molar-refractivity contribution in [2.24, 2.45) is 5.10 Å². The number of phenolic OH excluding ortho intramolecular Hbond substituents is 1. The minimum atomic E-state index is -0.478. The fraction of sp³-hybridized carbons (Fsp3) is 0. The van der Waals surface area contributed by atoms with Gasteiger partial charge in [0.05, 0.1) is 15.3 Å². The highest BCUT2D eigenvalue weighted by Crippen LogP contribution is 2.27. The number of nitrogens with one attached hydrogen (secondary N) is 1. The molecule has 2 rings (SSSR count). The number of benzene rings is 1. The van der Waals surface area contributed by atoms with Gasteiger partial charge in [-0.25, -0.2) is 10.4 Å². The number of aromatic hydroxyl groups is 1. The van der Waals surface area contributed by atoms with Crippen molar-refractivity contribution in [3.8, 4) is 5.75 Å². The molecule has 0 saturated carbocycles. The van der Waals surface area contributed by atoms with Crippen molar-refractivity contribution in [1.29, 1.82) is 0 Å². The first kappa shape index (κ1) is 16.2. The van der Waals surface area contributed by atoms with Gasteiger partial charge in [0.2, 0.25) is 0 Å². The molecule has 2 aromatic rings. The van der Waals surface area contributed by atoms with Crippen LogP contribution in [-0.4, -0.2) is 22.2 Å². The molecule has 1 aromatic carbocycles.